The minimum Gasteiger partial charge on any atom is -0.481 e. The molecule has 0 bridgehead atoms. The van der Waals surface area contributed by atoms with Crippen molar-refractivity contribution in [1.82, 2.24) is 4.57 Å². The second-order valence-electron chi connectivity index (χ2n) is 5.52. The van der Waals surface area contributed by atoms with Crippen LogP contribution in [0.1, 0.15) is 22.0 Å². The Labute approximate surface area is 138 Å². The molecule has 8 nitrogen and oxygen atoms in total. The SMILES string of the molecule is Cn1cc(S(=O)(=O)N2CC(C(=O)O)c3ccccc32)cc1C(N)=O. The average Bonchev–Trinajstić information content (AvgIpc) is 3.08. The molecule has 0 fully saturated rings. The Morgan fingerprint density at radius 1 is 1.29 bits per heavy atom. The lowest BCUT2D eigenvalue weighted by Crippen LogP contribution is -2.31. The zero-order valence-electron chi connectivity index (χ0n) is 12.7. The van der Waals surface area contributed by atoms with Crippen LogP contribution in [0.5, 0.6) is 0 Å². The smallest absolute Gasteiger partial charge is 0.312 e. The van der Waals surface area contributed by atoms with Gasteiger partial charge in [0.05, 0.1) is 12.2 Å². The van der Waals surface area contributed by atoms with E-state index in [4.69, 9.17) is 5.73 Å². The molecule has 1 aromatic heterocycles. The molecule has 2 heterocycles. The molecule has 0 radical (unpaired) electrons. The first-order valence-electron chi connectivity index (χ1n) is 7.04. The molecule has 0 spiro atoms. The van der Waals surface area contributed by atoms with Gasteiger partial charge in [-0.2, -0.15) is 0 Å². The van der Waals surface area contributed by atoms with Gasteiger partial charge in [-0.05, 0) is 17.7 Å². The van der Waals surface area contributed by atoms with Crippen LogP contribution in [0.25, 0.3) is 0 Å². The molecule has 126 valence electrons. The number of carboxylic acids is 1. The Kier molecular flexibility index (Phi) is 3.60. The number of anilines is 1. The Hall–Kier alpha value is -2.81. The second-order valence-corrected chi connectivity index (χ2v) is 7.38. The maximum atomic E-state index is 12.9. The van der Waals surface area contributed by atoms with Crippen molar-refractivity contribution in [3.63, 3.8) is 0 Å². The fraction of sp³-hybridized carbons (Fsp3) is 0.200. The highest BCUT2D eigenvalue weighted by atomic mass is 32.2. The minimum absolute atomic E-state index is 0.0517. The van der Waals surface area contributed by atoms with Crippen LogP contribution in [0.2, 0.25) is 0 Å². The van der Waals surface area contributed by atoms with E-state index >= 15 is 0 Å². The summed E-state index contributed by atoms with van der Waals surface area (Å²) in [5.41, 5.74) is 6.04. The standard InChI is InChI=1S/C15H15N3O5S/c1-17-7-9(6-13(17)14(16)19)24(22,23)18-8-11(15(20)21)10-4-2-3-5-12(10)18/h2-7,11H,8H2,1H3,(H2,16,19)(H,20,21). The van der Waals surface area contributed by atoms with Gasteiger partial charge >= 0.3 is 5.97 Å². The van der Waals surface area contributed by atoms with Crippen LogP contribution in [0.4, 0.5) is 5.69 Å². The van der Waals surface area contributed by atoms with E-state index in [-0.39, 0.29) is 17.1 Å². The highest BCUT2D eigenvalue weighted by Crippen LogP contribution is 2.39. The first-order valence-corrected chi connectivity index (χ1v) is 8.48. The summed E-state index contributed by atoms with van der Waals surface area (Å²) in [5.74, 6) is -2.77. The van der Waals surface area contributed by atoms with Crippen LogP contribution in [0.3, 0.4) is 0 Å². The third-order valence-corrected chi connectivity index (χ3v) is 5.79. The summed E-state index contributed by atoms with van der Waals surface area (Å²) in [6.07, 6.45) is 1.28. The van der Waals surface area contributed by atoms with Crippen molar-refractivity contribution in [3.8, 4) is 0 Å². The van der Waals surface area contributed by atoms with Crippen molar-refractivity contribution in [3.05, 3.63) is 47.8 Å². The molecule has 3 N–H and O–H groups in total. The normalized spacial score (nSPS) is 16.9. The number of carbonyl (C=O) groups excluding carboxylic acids is 1. The number of fused-ring (bicyclic) bond motifs is 1. The topological polar surface area (TPSA) is 123 Å². The van der Waals surface area contributed by atoms with Crippen molar-refractivity contribution in [1.29, 1.82) is 0 Å². The lowest BCUT2D eigenvalue weighted by Gasteiger charge is -2.18. The molecule has 2 aromatic rings. The van der Waals surface area contributed by atoms with Crippen molar-refractivity contribution in [2.24, 2.45) is 12.8 Å². The van der Waals surface area contributed by atoms with Crippen LogP contribution in [-0.4, -0.2) is 36.5 Å². The van der Waals surface area contributed by atoms with E-state index in [9.17, 15) is 23.1 Å². The first-order chi connectivity index (χ1) is 11.2. The number of nitrogens with two attached hydrogens (primary N) is 1. The van der Waals surface area contributed by atoms with Crippen LogP contribution in [0, 0.1) is 0 Å². The van der Waals surface area contributed by atoms with Gasteiger partial charge in [-0.15, -0.1) is 0 Å². The number of aromatic nitrogens is 1. The number of carbonyl (C=O) groups is 2. The zero-order valence-corrected chi connectivity index (χ0v) is 13.5. The van der Waals surface area contributed by atoms with Gasteiger partial charge < -0.3 is 15.4 Å². The quantitative estimate of drug-likeness (QED) is 0.832. The van der Waals surface area contributed by atoms with Gasteiger partial charge in [-0.1, -0.05) is 18.2 Å². The van der Waals surface area contributed by atoms with Crippen LogP contribution in [-0.2, 0) is 21.9 Å². The predicted molar refractivity (Wildman–Crippen MR) is 85.3 cm³/mol. The van der Waals surface area contributed by atoms with Gasteiger partial charge in [0.15, 0.2) is 0 Å². The number of sulfonamides is 1. The molecule has 24 heavy (non-hydrogen) atoms. The Morgan fingerprint density at radius 2 is 1.96 bits per heavy atom. The Balaban J connectivity index is 2.10. The molecule has 1 amide bonds. The van der Waals surface area contributed by atoms with Crippen LogP contribution < -0.4 is 10.0 Å². The largest absolute Gasteiger partial charge is 0.481 e. The minimum atomic E-state index is -4.01. The molecule has 9 heteroatoms. The summed E-state index contributed by atoms with van der Waals surface area (Å²) in [6.45, 7) is -0.197. The molecule has 0 saturated carbocycles. The lowest BCUT2D eigenvalue weighted by molar-refractivity contribution is -0.138. The third kappa shape index (κ3) is 2.33. The number of aliphatic carboxylic acids is 1. The van der Waals surface area contributed by atoms with Crippen molar-refractivity contribution in [2.45, 2.75) is 10.8 Å². The first kappa shape index (κ1) is 16.1. The van der Waals surface area contributed by atoms with Gasteiger partial charge in [0.25, 0.3) is 15.9 Å². The van der Waals surface area contributed by atoms with Crippen molar-refractivity contribution in [2.75, 3.05) is 10.8 Å². The maximum absolute atomic E-state index is 12.9. The summed E-state index contributed by atoms with van der Waals surface area (Å²) in [6, 6.07) is 7.66. The monoisotopic (exact) mass is 349 g/mol. The van der Waals surface area contributed by atoms with Gasteiger partial charge in [0, 0.05) is 13.2 Å². The number of hydrogen-bond acceptors (Lipinski definition) is 4. The molecular formula is C15H15N3O5S. The van der Waals surface area contributed by atoms with E-state index in [2.05, 4.69) is 0 Å². The number of aryl methyl sites for hydroxylation is 1. The number of rotatable bonds is 4. The number of nitrogens with zero attached hydrogens (tertiary/aromatic N) is 2. The van der Waals surface area contributed by atoms with E-state index in [1.165, 1.54) is 23.9 Å². The molecule has 1 aromatic carbocycles. The Bertz CT molecular complexity index is 948. The molecule has 1 aliphatic rings. The number of primary amides is 1. The van der Waals surface area contributed by atoms with Crippen molar-refractivity contribution < 1.29 is 23.1 Å². The van der Waals surface area contributed by atoms with E-state index < -0.39 is 27.8 Å². The van der Waals surface area contributed by atoms with Gasteiger partial charge in [-0.25, -0.2) is 8.42 Å². The highest BCUT2D eigenvalue weighted by molar-refractivity contribution is 7.92. The number of para-hydroxylation sites is 1. The fourth-order valence-corrected chi connectivity index (χ4v) is 4.43. The molecule has 0 aliphatic carbocycles. The second kappa shape index (κ2) is 5.38. The molecule has 1 aliphatic heterocycles. The molecule has 3 rings (SSSR count). The average molecular weight is 349 g/mol. The van der Waals surface area contributed by atoms with Gasteiger partial charge in [0.2, 0.25) is 0 Å². The number of hydrogen-bond donors (Lipinski definition) is 2. The molecule has 0 saturated heterocycles. The highest BCUT2D eigenvalue weighted by Gasteiger charge is 2.40. The molecule has 1 unspecified atom stereocenters. The van der Waals surface area contributed by atoms with Gasteiger partial charge in [-0.3, -0.25) is 13.9 Å². The third-order valence-electron chi connectivity index (χ3n) is 4.05. The summed E-state index contributed by atoms with van der Waals surface area (Å²) >= 11 is 0. The van der Waals surface area contributed by atoms with E-state index in [1.807, 2.05) is 0 Å². The summed E-state index contributed by atoms with van der Waals surface area (Å²) < 4.78 is 28.2. The maximum Gasteiger partial charge on any atom is 0.312 e. The van der Waals surface area contributed by atoms with E-state index in [0.717, 1.165) is 4.31 Å². The summed E-state index contributed by atoms with van der Waals surface area (Å²) in [7, 11) is -2.50. The summed E-state index contributed by atoms with van der Waals surface area (Å²) in [4.78, 5) is 22.7. The van der Waals surface area contributed by atoms with E-state index in [0.29, 0.717) is 11.3 Å². The molecule has 1 atom stereocenters. The summed E-state index contributed by atoms with van der Waals surface area (Å²) in [5, 5.41) is 9.35. The number of benzene rings is 1. The van der Waals surface area contributed by atoms with Crippen molar-refractivity contribution >= 4 is 27.6 Å². The molecular weight excluding hydrogens is 334 g/mol. The Morgan fingerprint density at radius 3 is 2.54 bits per heavy atom. The van der Waals surface area contributed by atoms with Crippen LogP contribution in [0.15, 0.2) is 41.4 Å². The van der Waals surface area contributed by atoms with Gasteiger partial charge in [0.1, 0.15) is 16.5 Å². The lowest BCUT2D eigenvalue weighted by atomic mass is 10.0. The fourth-order valence-electron chi connectivity index (χ4n) is 2.86. The predicted octanol–water partition coefficient (Wildman–Crippen LogP) is 0.501. The zero-order chi connectivity index (χ0) is 17.6. The van der Waals surface area contributed by atoms with Crippen LogP contribution >= 0.6 is 0 Å². The number of amides is 1. The van der Waals surface area contributed by atoms with E-state index in [1.54, 1.807) is 24.3 Å². The number of carboxylic acid groups (broad SMARTS) is 1.